The molecule has 2 rings (SSSR count). The zero-order valence-corrected chi connectivity index (χ0v) is 11.5. The summed E-state index contributed by atoms with van der Waals surface area (Å²) in [5, 5.41) is 3.06. The lowest BCUT2D eigenvalue weighted by atomic mass is 10.1. The lowest BCUT2D eigenvalue weighted by Gasteiger charge is -1.98. The number of nitrogens with one attached hydrogen (secondary N) is 2. The summed E-state index contributed by atoms with van der Waals surface area (Å²) in [6, 6.07) is 8.42. The molecular weight excluding hydrogens is 257 g/mol. The summed E-state index contributed by atoms with van der Waals surface area (Å²) in [4.78, 5) is 7.56. The van der Waals surface area contributed by atoms with Gasteiger partial charge in [-0.1, -0.05) is 29.8 Å². The lowest BCUT2D eigenvalue weighted by Crippen LogP contribution is -2.06. The summed E-state index contributed by atoms with van der Waals surface area (Å²) >= 11 is 0. The molecule has 0 spiro atoms. The van der Waals surface area contributed by atoms with Crippen molar-refractivity contribution in [3.8, 4) is 11.3 Å². The van der Waals surface area contributed by atoms with E-state index in [-0.39, 0.29) is 24.8 Å². The van der Waals surface area contributed by atoms with E-state index in [0.717, 1.165) is 18.1 Å². The standard InChI is InChI=1S/C12H15N3.2ClH/c1-9-3-5-10(6-4-9)11-7-14-12(15-11)8-13-2;;/h3-7,13H,8H2,1-2H3,(H,14,15);2*1H. The van der Waals surface area contributed by atoms with Crippen LogP contribution in [0.1, 0.15) is 11.4 Å². The number of hydrogen-bond acceptors (Lipinski definition) is 2. The Morgan fingerprint density at radius 2 is 1.82 bits per heavy atom. The van der Waals surface area contributed by atoms with Crippen LogP contribution >= 0.6 is 24.8 Å². The second kappa shape index (κ2) is 7.33. The number of nitrogens with zero attached hydrogens (tertiary/aromatic N) is 1. The molecule has 5 heteroatoms. The fraction of sp³-hybridized carbons (Fsp3) is 0.250. The molecular formula is C12H17Cl2N3. The van der Waals surface area contributed by atoms with Crippen molar-refractivity contribution in [2.45, 2.75) is 13.5 Å². The number of H-pyrrole nitrogens is 1. The number of aryl methyl sites for hydroxylation is 1. The molecule has 0 saturated carbocycles. The Hall–Kier alpha value is -1.03. The van der Waals surface area contributed by atoms with E-state index < -0.39 is 0 Å². The highest BCUT2D eigenvalue weighted by Crippen LogP contribution is 2.17. The van der Waals surface area contributed by atoms with Crippen molar-refractivity contribution < 1.29 is 0 Å². The van der Waals surface area contributed by atoms with Crippen molar-refractivity contribution in [2.75, 3.05) is 7.05 Å². The van der Waals surface area contributed by atoms with E-state index in [9.17, 15) is 0 Å². The summed E-state index contributed by atoms with van der Waals surface area (Å²) in [5.41, 5.74) is 3.52. The van der Waals surface area contributed by atoms with Crippen LogP contribution in [0.5, 0.6) is 0 Å². The third-order valence-corrected chi connectivity index (χ3v) is 2.34. The molecule has 0 atom stereocenters. The van der Waals surface area contributed by atoms with E-state index in [1.807, 2.05) is 13.2 Å². The number of hydrogen-bond donors (Lipinski definition) is 2. The minimum absolute atomic E-state index is 0. The van der Waals surface area contributed by atoms with E-state index in [4.69, 9.17) is 0 Å². The highest BCUT2D eigenvalue weighted by Gasteiger charge is 2.01. The van der Waals surface area contributed by atoms with Crippen LogP contribution in [0.4, 0.5) is 0 Å². The maximum absolute atomic E-state index is 4.29. The normalized spacial score (nSPS) is 9.29. The summed E-state index contributed by atoms with van der Waals surface area (Å²) in [5.74, 6) is 0.966. The molecule has 1 aromatic heterocycles. The van der Waals surface area contributed by atoms with Gasteiger partial charge >= 0.3 is 0 Å². The minimum Gasteiger partial charge on any atom is -0.341 e. The number of benzene rings is 1. The van der Waals surface area contributed by atoms with Gasteiger partial charge in [-0.15, -0.1) is 24.8 Å². The van der Waals surface area contributed by atoms with Gasteiger partial charge in [-0.25, -0.2) is 4.98 Å². The molecule has 0 fully saturated rings. The molecule has 0 saturated heterocycles. The van der Waals surface area contributed by atoms with Crippen molar-refractivity contribution in [3.05, 3.63) is 41.9 Å². The predicted octanol–water partition coefficient (Wildman–Crippen LogP) is 2.95. The number of halogens is 2. The molecule has 17 heavy (non-hydrogen) atoms. The van der Waals surface area contributed by atoms with Gasteiger partial charge in [0.2, 0.25) is 0 Å². The summed E-state index contributed by atoms with van der Waals surface area (Å²) < 4.78 is 0. The lowest BCUT2D eigenvalue weighted by molar-refractivity contribution is 0.772. The molecule has 0 aliphatic heterocycles. The van der Waals surface area contributed by atoms with Crippen LogP contribution in [-0.2, 0) is 6.54 Å². The average Bonchev–Trinajstić information content (AvgIpc) is 2.68. The minimum atomic E-state index is 0. The van der Waals surface area contributed by atoms with Crippen LogP contribution in [0.15, 0.2) is 30.5 Å². The zero-order chi connectivity index (χ0) is 10.7. The number of aromatic amines is 1. The second-order valence-corrected chi connectivity index (χ2v) is 3.64. The zero-order valence-electron chi connectivity index (χ0n) is 9.86. The molecule has 3 nitrogen and oxygen atoms in total. The monoisotopic (exact) mass is 273 g/mol. The summed E-state index contributed by atoms with van der Waals surface area (Å²) in [6.45, 7) is 2.86. The second-order valence-electron chi connectivity index (χ2n) is 3.64. The molecule has 0 bridgehead atoms. The quantitative estimate of drug-likeness (QED) is 0.903. The third-order valence-electron chi connectivity index (χ3n) is 2.34. The SMILES string of the molecule is CNCc1ncc(-c2ccc(C)cc2)[nH]1.Cl.Cl. The van der Waals surface area contributed by atoms with Gasteiger partial charge in [0, 0.05) is 0 Å². The fourth-order valence-corrected chi connectivity index (χ4v) is 1.50. The average molecular weight is 274 g/mol. The van der Waals surface area contributed by atoms with E-state index in [2.05, 4.69) is 46.5 Å². The smallest absolute Gasteiger partial charge is 0.120 e. The Morgan fingerprint density at radius 3 is 2.41 bits per heavy atom. The van der Waals surface area contributed by atoms with Crippen LogP contribution < -0.4 is 5.32 Å². The van der Waals surface area contributed by atoms with Gasteiger partial charge in [0.1, 0.15) is 5.82 Å². The molecule has 0 unspecified atom stereocenters. The maximum atomic E-state index is 4.29. The molecule has 1 heterocycles. The van der Waals surface area contributed by atoms with Crippen LogP contribution in [0.2, 0.25) is 0 Å². The van der Waals surface area contributed by atoms with E-state index in [1.165, 1.54) is 11.1 Å². The molecule has 0 aliphatic carbocycles. The molecule has 2 N–H and O–H groups in total. The third kappa shape index (κ3) is 4.04. The van der Waals surface area contributed by atoms with Crippen molar-refractivity contribution in [1.82, 2.24) is 15.3 Å². The number of imidazole rings is 1. The first kappa shape index (κ1) is 16.0. The summed E-state index contributed by atoms with van der Waals surface area (Å²) in [7, 11) is 1.91. The Morgan fingerprint density at radius 1 is 1.18 bits per heavy atom. The van der Waals surface area contributed by atoms with Gasteiger partial charge in [-0.05, 0) is 19.5 Å². The molecule has 0 amide bonds. The number of aromatic nitrogens is 2. The fourth-order valence-electron chi connectivity index (χ4n) is 1.50. The Bertz CT molecular complexity index is 437. The Kier molecular flexibility index (Phi) is 6.88. The van der Waals surface area contributed by atoms with Crippen LogP contribution in [0.25, 0.3) is 11.3 Å². The highest BCUT2D eigenvalue weighted by molar-refractivity contribution is 5.85. The Labute approximate surface area is 114 Å². The van der Waals surface area contributed by atoms with Crippen molar-refractivity contribution in [2.24, 2.45) is 0 Å². The van der Waals surface area contributed by atoms with Gasteiger partial charge in [0.15, 0.2) is 0 Å². The molecule has 0 radical (unpaired) electrons. The van der Waals surface area contributed by atoms with Gasteiger partial charge in [0.05, 0.1) is 18.4 Å². The first-order chi connectivity index (χ1) is 7.29. The topological polar surface area (TPSA) is 40.7 Å². The summed E-state index contributed by atoms with van der Waals surface area (Å²) in [6.07, 6.45) is 1.87. The van der Waals surface area contributed by atoms with Crippen molar-refractivity contribution >= 4 is 24.8 Å². The predicted molar refractivity (Wildman–Crippen MR) is 76.0 cm³/mol. The first-order valence-electron chi connectivity index (χ1n) is 5.05. The van der Waals surface area contributed by atoms with Gasteiger partial charge in [-0.3, -0.25) is 0 Å². The van der Waals surface area contributed by atoms with E-state index in [1.54, 1.807) is 0 Å². The van der Waals surface area contributed by atoms with Gasteiger partial charge in [-0.2, -0.15) is 0 Å². The highest BCUT2D eigenvalue weighted by atomic mass is 35.5. The van der Waals surface area contributed by atoms with Gasteiger partial charge in [0.25, 0.3) is 0 Å². The van der Waals surface area contributed by atoms with E-state index >= 15 is 0 Å². The maximum Gasteiger partial charge on any atom is 0.120 e. The molecule has 1 aromatic carbocycles. The van der Waals surface area contributed by atoms with Crippen molar-refractivity contribution in [1.29, 1.82) is 0 Å². The number of rotatable bonds is 3. The molecule has 2 aromatic rings. The van der Waals surface area contributed by atoms with Crippen molar-refractivity contribution in [3.63, 3.8) is 0 Å². The van der Waals surface area contributed by atoms with E-state index in [0.29, 0.717) is 0 Å². The first-order valence-corrected chi connectivity index (χ1v) is 5.05. The largest absolute Gasteiger partial charge is 0.341 e. The molecule has 0 aliphatic rings. The molecule has 94 valence electrons. The van der Waals surface area contributed by atoms with Crippen LogP contribution in [-0.4, -0.2) is 17.0 Å². The van der Waals surface area contributed by atoms with Gasteiger partial charge < -0.3 is 10.3 Å². The van der Waals surface area contributed by atoms with Crippen LogP contribution in [0, 0.1) is 6.92 Å². The Balaban J connectivity index is 0.00000128. The van der Waals surface area contributed by atoms with Crippen LogP contribution in [0.3, 0.4) is 0 Å².